The molecule has 0 aliphatic heterocycles. The molecule has 1 aliphatic carbocycles. The van der Waals surface area contributed by atoms with Crippen molar-refractivity contribution in [3.05, 3.63) is 87.7 Å². The maximum absolute atomic E-state index is 13.5. The van der Waals surface area contributed by atoms with Gasteiger partial charge in [0.05, 0.1) is 28.5 Å². The number of anilines is 2. The lowest BCUT2D eigenvalue weighted by molar-refractivity contribution is -0.137. The minimum absolute atomic E-state index is 0.134. The zero-order valence-corrected chi connectivity index (χ0v) is 24.1. The smallest absolute Gasteiger partial charge is 0.341 e. The van der Waals surface area contributed by atoms with Gasteiger partial charge in [0.1, 0.15) is 11.3 Å². The molecule has 0 saturated heterocycles. The largest absolute Gasteiger partial charge is 0.417 e. The Kier molecular flexibility index (Phi) is 8.40. The number of alkyl halides is 3. The number of nitrogens with zero attached hydrogens (tertiary/aromatic N) is 1. The molecule has 42 heavy (non-hydrogen) atoms. The van der Waals surface area contributed by atoms with E-state index in [1.807, 2.05) is 0 Å². The van der Waals surface area contributed by atoms with Crippen LogP contribution in [0, 0.1) is 6.92 Å². The van der Waals surface area contributed by atoms with Crippen molar-refractivity contribution in [3.8, 4) is 0 Å². The molecule has 4 N–H and O–H groups in total. The summed E-state index contributed by atoms with van der Waals surface area (Å²) in [5.41, 5.74) is 0.665. The Bertz CT molecular complexity index is 1790. The number of aromatic nitrogens is 2. The van der Waals surface area contributed by atoms with E-state index in [1.54, 1.807) is 31.2 Å². The quantitative estimate of drug-likeness (QED) is 0.185. The van der Waals surface area contributed by atoms with Gasteiger partial charge in [-0.1, -0.05) is 36.7 Å². The van der Waals surface area contributed by atoms with Crippen molar-refractivity contribution in [2.75, 3.05) is 16.9 Å². The third-order valence-electron chi connectivity index (χ3n) is 6.65. The summed E-state index contributed by atoms with van der Waals surface area (Å²) in [7, 11) is -3.67. The van der Waals surface area contributed by atoms with Crippen LogP contribution in [0.2, 0.25) is 5.02 Å². The first-order valence-corrected chi connectivity index (χ1v) is 14.7. The van der Waals surface area contributed by atoms with Crippen molar-refractivity contribution < 1.29 is 35.7 Å². The van der Waals surface area contributed by atoms with Gasteiger partial charge in [0.25, 0.3) is 21.9 Å². The van der Waals surface area contributed by atoms with E-state index in [1.165, 1.54) is 18.2 Å². The van der Waals surface area contributed by atoms with E-state index in [-0.39, 0.29) is 16.7 Å². The maximum atomic E-state index is 13.5. The third kappa shape index (κ3) is 7.27. The first-order chi connectivity index (χ1) is 19.5. The van der Waals surface area contributed by atoms with E-state index in [9.17, 15) is 31.2 Å². The number of carbonyl (C=O) groups excluding carboxylic acids is 2. The predicted molar refractivity (Wildman–Crippen MR) is 154 cm³/mol. The van der Waals surface area contributed by atoms with Crippen molar-refractivity contribution in [1.29, 1.82) is 0 Å². The summed E-state index contributed by atoms with van der Waals surface area (Å²) in [6.45, 7) is 3.82. The van der Waals surface area contributed by atoms with Crippen molar-refractivity contribution in [1.82, 2.24) is 9.97 Å². The van der Waals surface area contributed by atoms with E-state index >= 15 is 0 Å². The number of rotatable bonds is 5. The molecule has 0 unspecified atom stereocenters. The van der Waals surface area contributed by atoms with Gasteiger partial charge in [0.15, 0.2) is 0 Å². The second kappa shape index (κ2) is 11.4. The Labute approximate surface area is 244 Å². The molecule has 1 aliphatic rings. The second-order valence-corrected chi connectivity index (χ2v) is 12.0. The number of imidazole rings is 1. The van der Waals surface area contributed by atoms with Gasteiger partial charge in [-0.2, -0.15) is 21.6 Å². The Balaban J connectivity index is 0.000000748. The van der Waals surface area contributed by atoms with E-state index in [0.717, 1.165) is 25.0 Å². The van der Waals surface area contributed by atoms with E-state index in [2.05, 4.69) is 27.5 Å². The van der Waals surface area contributed by atoms with Crippen molar-refractivity contribution >= 4 is 55.9 Å². The molecule has 4 aromatic rings. The van der Waals surface area contributed by atoms with Crippen LogP contribution in [-0.2, 0) is 21.7 Å². The molecular weight excluding hydrogens is 597 g/mol. The zero-order valence-electron chi connectivity index (χ0n) is 22.6. The predicted octanol–water partition coefficient (Wildman–Crippen LogP) is 6.60. The highest BCUT2D eigenvalue weighted by Crippen LogP contribution is 2.47. The van der Waals surface area contributed by atoms with Gasteiger partial charge in [-0.3, -0.25) is 14.1 Å². The molecule has 2 amide bonds. The average molecular weight is 623 g/mol. The summed E-state index contributed by atoms with van der Waals surface area (Å²) in [5.74, 6) is -0.735. The molecule has 9 nitrogen and oxygen atoms in total. The number of carbonyl (C=O) groups is 2. The van der Waals surface area contributed by atoms with Gasteiger partial charge >= 0.3 is 6.18 Å². The summed E-state index contributed by atoms with van der Waals surface area (Å²) in [6, 6.07) is 12.6. The molecule has 5 rings (SSSR count). The number of H-pyrrole nitrogens is 1. The first-order valence-electron chi connectivity index (χ1n) is 12.5. The second-order valence-electron chi connectivity index (χ2n) is 10.2. The van der Waals surface area contributed by atoms with Gasteiger partial charge in [0.2, 0.25) is 0 Å². The molecule has 14 heteroatoms. The van der Waals surface area contributed by atoms with Crippen LogP contribution in [0.1, 0.15) is 57.4 Å². The van der Waals surface area contributed by atoms with Crippen molar-refractivity contribution in [3.63, 3.8) is 0 Å². The minimum atomic E-state index is -4.70. The fourth-order valence-corrected chi connectivity index (χ4v) is 4.31. The normalized spacial score (nSPS) is 14.1. The molecule has 0 radical (unpaired) electrons. The fraction of sp³-hybridized carbons (Fsp3) is 0.250. The highest BCUT2D eigenvalue weighted by atomic mass is 35.5. The Hall–Kier alpha value is -3.94. The monoisotopic (exact) mass is 622 g/mol. The third-order valence-corrected chi connectivity index (χ3v) is 7.06. The molecule has 1 aromatic heterocycles. The van der Waals surface area contributed by atoms with Crippen LogP contribution in [0.25, 0.3) is 11.0 Å². The topological polar surface area (TPSA) is 141 Å². The molecule has 0 bridgehead atoms. The van der Waals surface area contributed by atoms with E-state index < -0.39 is 39.2 Å². The van der Waals surface area contributed by atoms with Crippen LogP contribution in [0.15, 0.2) is 54.6 Å². The lowest BCUT2D eigenvalue weighted by atomic mass is 10.1. The van der Waals surface area contributed by atoms with Gasteiger partial charge in [-0.15, -0.1) is 0 Å². The van der Waals surface area contributed by atoms with Gasteiger partial charge in [-0.05, 0) is 61.7 Å². The lowest BCUT2D eigenvalue weighted by Crippen LogP contribution is -2.19. The number of amides is 2. The SMILES string of the molecule is CS(=O)(=O)O.Cc1c(Cl)cccc1NC(=O)c1cc(NC(=O)c2ccccc2C(F)(F)F)cc2[nH]c(C3(C)CC3)nc12. The molecular formula is C28H26ClF3N4O5S. The maximum Gasteiger partial charge on any atom is 0.417 e. The van der Waals surface area contributed by atoms with Gasteiger partial charge in [-0.25, -0.2) is 4.98 Å². The van der Waals surface area contributed by atoms with Crippen LogP contribution in [0.4, 0.5) is 24.5 Å². The standard InChI is InChI=1S/C27H22ClF3N4O2.CH4O3S/c1-14-19(28)8-5-9-20(14)33-24(37)17-12-15(13-21-22(17)35-25(34-21)26(2)10-11-26)32-23(36)16-6-3-4-7-18(16)27(29,30)31;1-5(2,3)4/h3-9,12-13H,10-11H2,1-2H3,(H,32,36)(H,33,37)(H,34,35);1H3,(H,2,3,4). The van der Waals surface area contributed by atoms with Crippen LogP contribution < -0.4 is 10.6 Å². The minimum Gasteiger partial charge on any atom is -0.341 e. The van der Waals surface area contributed by atoms with E-state index in [0.29, 0.717) is 39.4 Å². The number of hydrogen-bond acceptors (Lipinski definition) is 5. The Morgan fingerprint density at radius 3 is 2.26 bits per heavy atom. The number of aromatic amines is 1. The lowest BCUT2D eigenvalue weighted by Gasteiger charge is -2.14. The first kappa shape index (κ1) is 31.0. The van der Waals surface area contributed by atoms with Gasteiger partial charge in [0, 0.05) is 21.8 Å². The van der Waals surface area contributed by atoms with Crippen LogP contribution in [0.5, 0.6) is 0 Å². The number of hydrogen-bond donors (Lipinski definition) is 4. The van der Waals surface area contributed by atoms with E-state index in [4.69, 9.17) is 16.2 Å². The number of benzene rings is 3. The molecule has 1 saturated carbocycles. The molecule has 3 aromatic carbocycles. The summed E-state index contributed by atoms with van der Waals surface area (Å²) >= 11 is 6.19. The van der Waals surface area contributed by atoms with Crippen LogP contribution >= 0.6 is 11.6 Å². The summed E-state index contributed by atoms with van der Waals surface area (Å²) < 4.78 is 66.2. The van der Waals surface area contributed by atoms with Gasteiger partial charge < -0.3 is 15.6 Å². The average Bonchev–Trinajstić information content (AvgIpc) is 3.48. The molecule has 1 heterocycles. The molecule has 0 spiro atoms. The molecule has 0 atom stereocenters. The summed E-state index contributed by atoms with van der Waals surface area (Å²) in [6.07, 6.45) is -2.11. The summed E-state index contributed by atoms with van der Waals surface area (Å²) in [4.78, 5) is 34.2. The highest BCUT2D eigenvalue weighted by molar-refractivity contribution is 7.85. The van der Waals surface area contributed by atoms with Crippen LogP contribution in [-0.4, -0.2) is 41.0 Å². The Morgan fingerprint density at radius 2 is 1.64 bits per heavy atom. The van der Waals surface area contributed by atoms with Crippen LogP contribution in [0.3, 0.4) is 0 Å². The Morgan fingerprint density at radius 1 is 1.02 bits per heavy atom. The zero-order chi connectivity index (χ0) is 31.0. The number of halogens is 4. The summed E-state index contributed by atoms with van der Waals surface area (Å²) in [5, 5.41) is 5.83. The highest BCUT2D eigenvalue weighted by Gasteiger charge is 2.42. The molecule has 222 valence electrons. The number of fused-ring (bicyclic) bond motifs is 1. The molecule has 1 fully saturated rings. The number of nitrogens with one attached hydrogen (secondary N) is 3. The van der Waals surface area contributed by atoms with Crippen molar-refractivity contribution in [2.45, 2.75) is 38.3 Å². The van der Waals surface area contributed by atoms with Crippen molar-refractivity contribution in [2.24, 2.45) is 0 Å². The fourth-order valence-electron chi connectivity index (χ4n) is 4.13.